The van der Waals surface area contributed by atoms with Crippen molar-refractivity contribution in [3.63, 3.8) is 0 Å². The van der Waals surface area contributed by atoms with E-state index in [2.05, 4.69) is 22.9 Å². The molecule has 0 spiro atoms. The minimum Gasteiger partial charge on any atom is -0.359 e. The van der Waals surface area contributed by atoms with Crippen LogP contribution in [0.5, 0.6) is 0 Å². The number of halogens is 3. The number of aliphatic imine (C=N–C) groups is 1. The van der Waals surface area contributed by atoms with E-state index in [-0.39, 0.29) is 0 Å². The molecule has 0 unspecified atom stereocenters. The maximum absolute atomic E-state index is 10.7. The minimum atomic E-state index is -5.84. The number of unbranched alkanes of at least 4 members (excludes halogenated alkanes) is 3. The molecule has 0 aromatic rings. The molecule has 20 heavy (non-hydrogen) atoms. The molecule has 118 valence electrons. The predicted molar refractivity (Wildman–Crippen MR) is 71.0 cm³/mol. The van der Waals surface area contributed by atoms with Crippen LogP contribution < -0.4 is 0 Å². The van der Waals surface area contributed by atoms with E-state index in [0.29, 0.717) is 0 Å². The molecule has 9 heteroatoms. The Morgan fingerprint density at radius 2 is 1.90 bits per heavy atom. The fraction of sp³-hybridized carbons (Fsp3) is 0.727. The molecule has 0 aliphatic carbocycles. The number of alkyl halides is 3. The molecular weight excluding hydrogens is 297 g/mol. The van der Waals surface area contributed by atoms with Crippen LogP contribution in [0.25, 0.3) is 0 Å². The van der Waals surface area contributed by atoms with Crippen LogP contribution in [0.4, 0.5) is 13.2 Å². The Morgan fingerprint density at radius 3 is 2.30 bits per heavy atom. The van der Waals surface area contributed by atoms with Crippen molar-refractivity contribution in [2.24, 2.45) is 4.99 Å². The van der Waals surface area contributed by atoms with Gasteiger partial charge in [0.15, 0.2) is 0 Å². The van der Waals surface area contributed by atoms with Gasteiger partial charge in [0.05, 0.1) is 6.34 Å². The molecule has 0 amide bonds. The van der Waals surface area contributed by atoms with Crippen LogP contribution in [0.1, 0.15) is 32.6 Å². The summed E-state index contributed by atoms with van der Waals surface area (Å²) < 4.78 is 57.5. The highest BCUT2D eigenvalue weighted by Crippen LogP contribution is 2.20. The van der Waals surface area contributed by atoms with E-state index in [4.69, 9.17) is 13.0 Å². The molecule has 0 saturated heterocycles. The van der Waals surface area contributed by atoms with Gasteiger partial charge in [-0.15, -0.1) is 0 Å². The van der Waals surface area contributed by atoms with E-state index in [1.807, 2.05) is 12.5 Å². The molecule has 1 rings (SSSR count). The molecule has 0 bridgehead atoms. The molecule has 1 N–H and O–H groups in total. The van der Waals surface area contributed by atoms with Gasteiger partial charge in [-0.1, -0.05) is 26.2 Å². The van der Waals surface area contributed by atoms with E-state index < -0.39 is 15.6 Å². The van der Waals surface area contributed by atoms with Crippen LogP contribution >= 0.6 is 0 Å². The predicted octanol–water partition coefficient (Wildman–Crippen LogP) is 2.82. The van der Waals surface area contributed by atoms with Crippen molar-refractivity contribution in [3.8, 4) is 0 Å². The van der Waals surface area contributed by atoms with Crippen LogP contribution in [-0.2, 0) is 10.1 Å². The summed E-state index contributed by atoms with van der Waals surface area (Å²) in [6.45, 7) is 4.44. The average Bonchev–Trinajstić information content (AvgIpc) is 2.34. The third-order valence-corrected chi connectivity index (χ3v) is 2.94. The van der Waals surface area contributed by atoms with Crippen molar-refractivity contribution in [1.82, 2.24) is 4.90 Å². The van der Waals surface area contributed by atoms with Crippen molar-refractivity contribution in [3.05, 3.63) is 12.3 Å². The molecule has 0 fully saturated rings. The zero-order chi connectivity index (χ0) is 15.6. The summed E-state index contributed by atoms with van der Waals surface area (Å²) in [4.78, 5) is 6.34. The third kappa shape index (κ3) is 8.92. The monoisotopic (exact) mass is 316 g/mol. The third-order valence-electron chi connectivity index (χ3n) is 2.35. The normalized spacial score (nSPS) is 14.9. The molecule has 0 aromatic heterocycles. The lowest BCUT2D eigenvalue weighted by Gasteiger charge is -2.18. The largest absolute Gasteiger partial charge is 0.522 e. The van der Waals surface area contributed by atoms with Gasteiger partial charge < -0.3 is 4.90 Å². The number of hydrogen-bond acceptors (Lipinski definition) is 4. The summed E-state index contributed by atoms with van der Waals surface area (Å²) >= 11 is 0. The summed E-state index contributed by atoms with van der Waals surface area (Å²) in [6.07, 6.45) is 11.2. The van der Waals surface area contributed by atoms with E-state index in [0.717, 1.165) is 13.1 Å². The maximum atomic E-state index is 10.7. The Morgan fingerprint density at radius 1 is 1.30 bits per heavy atom. The standard InChI is InChI=1S/C10H18N2.CHF3O3S/c1-2-3-4-5-8-12-9-6-7-11-10-12;2-1(3,4)8(5,6)7/h6-7,10H,2-5,8-9H2,1H3;(H,5,6,7). The first-order valence-corrected chi connectivity index (χ1v) is 7.58. The SMILES string of the molecule is CCCCCCN1C=NC=CC1.O=S(=O)(O)C(F)(F)F. The van der Waals surface area contributed by atoms with Crippen molar-refractivity contribution < 1.29 is 26.1 Å². The fourth-order valence-electron chi connectivity index (χ4n) is 1.31. The molecule has 1 heterocycles. The smallest absolute Gasteiger partial charge is 0.359 e. The summed E-state index contributed by atoms with van der Waals surface area (Å²) in [5.74, 6) is 0. The van der Waals surface area contributed by atoms with Gasteiger partial charge in [0.25, 0.3) is 0 Å². The van der Waals surface area contributed by atoms with Crippen LogP contribution in [-0.4, -0.2) is 42.8 Å². The molecule has 5 nitrogen and oxygen atoms in total. The van der Waals surface area contributed by atoms with Gasteiger partial charge in [-0.05, 0) is 12.5 Å². The Kier molecular flexibility index (Phi) is 8.47. The second-order valence-corrected chi connectivity index (χ2v) is 5.54. The lowest BCUT2D eigenvalue weighted by Crippen LogP contribution is -2.24. The number of hydrogen-bond donors (Lipinski definition) is 1. The van der Waals surface area contributed by atoms with Crippen LogP contribution in [0.3, 0.4) is 0 Å². The van der Waals surface area contributed by atoms with Gasteiger partial charge in [0.2, 0.25) is 0 Å². The first kappa shape index (κ1) is 18.9. The first-order chi connectivity index (χ1) is 9.18. The zero-order valence-corrected chi connectivity index (χ0v) is 12.0. The summed E-state index contributed by atoms with van der Waals surface area (Å²) in [5, 5.41) is 0. The topological polar surface area (TPSA) is 70.0 Å². The molecular formula is C11H19F3N2O3S. The minimum absolute atomic E-state index is 1.04. The lowest BCUT2D eigenvalue weighted by atomic mass is 10.2. The highest BCUT2D eigenvalue weighted by atomic mass is 32.2. The summed E-state index contributed by atoms with van der Waals surface area (Å²) in [6, 6.07) is 0. The molecule has 0 saturated carbocycles. The fourth-order valence-corrected chi connectivity index (χ4v) is 1.31. The zero-order valence-electron chi connectivity index (χ0n) is 11.2. The van der Waals surface area contributed by atoms with E-state index in [1.54, 1.807) is 0 Å². The van der Waals surface area contributed by atoms with Crippen molar-refractivity contribution in [2.45, 2.75) is 38.1 Å². The van der Waals surface area contributed by atoms with Gasteiger partial charge in [-0.3, -0.25) is 4.55 Å². The summed E-state index contributed by atoms with van der Waals surface area (Å²) in [7, 11) is -5.84. The molecule has 0 radical (unpaired) electrons. The molecule has 0 atom stereocenters. The Hall–Kier alpha value is -1.09. The van der Waals surface area contributed by atoms with Gasteiger partial charge in [0, 0.05) is 19.3 Å². The highest BCUT2D eigenvalue weighted by molar-refractivity contribution is 7.86. The Bertz CT molecular complexity index is 419. The van der Waals surface area contributed by atoms with E-state index >= 15 is 0 Å². The van der Waals surface area contributed by atoms with Gasteiger partial charge in [-0.25, -0.2) is 4.99 Å². The molecule has 0 aromatic carbocycles. The van der Waals surface area contributed by atoms with Gasteiger partial charge in [-0.2, -0.15) is 21.6 Å². The van der Waals surface area contributed by atoms with Gasteiger partial charge >= 0.3 is 15.6 Å². The van der Waals surface area contributed by atoms with Crippen LogP contribution in [0.15, 0.2) is 17.3 Å². The highest BCUT2D eigenvalue weighted by Gasteiger charge is 2.44. The second kappa shape index (κ2) is 8.96. The van der Waals surface area contributed by atoms with Crippen molar-refractivity contribution >= 4 is 16.5 Å². The Balaban J connectivity index is 0.000000396. The van der Waals surface area contributed by atoms with Crippen molar-refractivity contribution in [1.29, 1.82) is 0 Å². The van der Waals surface area contributed by atoms with Crippen molar-refractivity contribution in [2.75, 3.05) is 13.1 Å². The Labute approximate surface area is 116 Å². The van der Waals surface area contributed by atoms with E-state index in [1.165, 1.54) is 25.7 Å². The lowest BCUT2D eigenvalue weighted by molar-refractivity contribution is -0.0510. The van der Waals surface area contributed by atoms with E-state index in [9.17, 15) is 13.2 Å². The molecule has 1 aliphatic heterocycles. The van der Waals surface area contributed by atoms with Crippen LogP contribution in [0, 0.1) is 0 Å². The summed E-state index contributed by atoms with van der Waals surface area (Å²) in [5.41, 5.74) is -5.53. The van der Waals surface area contributed by atoms with Gasteiger partial charge in [0.1, 0.15) is 0 Å². The quantitative estimate of drug-likeness (QED) is 0.481. The van der Waals surface area contributed by atoms with Crippen LogP contribution in [0.2, 0.25) is 0 Å². The molecule has 1 aliphatic rings. The number of rotatable bonds is 5. The maximum Gasteiger partial charge on any atom is 0.522 e. The second-order valence-electron chi connectivity index (χ2n) is 4.13. The average molecular weight is 316 g/mol. The first-order valence-electron chi connectivity index (χ1n) is 6.14. The number of nitrogens with zero attached hydrogens (tertiary/aromatic N) is 2.